The minimum absolute atomic E-state index is 0.468. The molecule has 0 heterocycles. The van der Waals surface area contributed by atoms with E-state index in [4.69, 9.17) is 6.42 Å². The third kappa shape index (κ3) is 4.86. The van der Waals surface area contributed by atoms with Crippen molar-refractivity contribution < 1.29 is 4.39 Å². The van der Waals surface area contributed by atoms with Crippen molar-refractivity contribution in [3.05, 3.63) is 36.2 Å². The van der Waals surface area contributed by atoms with E-state index in [-0.39, 0.29) is 0 Å². The Morgan fingerprint density at radius 1 is 1.60 bits per heavy atom. The highest BCUT2D eigenvalue weighted by Crippen LogP contribution is 1.98. The number of allylic oxidation sites excluding steroid dienone is 5. The summed E-state index contributed by atoms with van der Waals surface area (Å²) in [6.45, 7) is 4.85. The molecule has 0 bridgehead atoms. The fraction of sp³-hybridized carbons (Fsp3) is 0.111. The summed E-state index contributed by atoms with van der Waals surface area (Å²) in [5.41, 5.74) is 0.835. The van der Waals surface area contributed by atoms with E-state index in [0.717, 1.165) is 5.57 Å². The highest BCUT2D eigenvalue weighted by Gasteiger charge is 1.80. The molecule has 0 nitrogen and oxygen atoms in total. The molecule has 0 amide bonds. The molecule has 0 aromatic carbocycles. The number of halogens is 1. The lowest BCUT2D eigenvalue weighted by atomic mass is 10.2. The maximum Gasteiger partial charge on any atom is 0.116 e. The maximum atomic E-state index is 11.9. The lowest BCUT2D eigenvalue weighted by Gasteiger charge is -1.84. The molecule has 0 aliphatic heterocycles. The van der Waals surface area contributed by atoms with Crippen LogP contribution in [0.4, 0.5) is 4.39 Å². The summed E-state index contributed by atoms with van der Waals surface area (Å²) in [6, 6.07) is 0. The predicted molar refractivity (Wildman–Crippen MR) is 42.0 cm³/mol. The summed E-state index contributed by atoms with van der Waals surface area (Å²) in [6.07, 6.45) is 9.35. The molecule has 0 aliphatic rings. The van der Waals surface area contributed by atoms with E-state index < -0.39 is 5.83 Å². The molecule has 0 saturated heterocycles. The zero-order valence-corrected chi connectivity index (χ0v) is 5.89. The van der Waals surface area contributed by atoms with Gasteiger partial charge in [0.1, 0.15) is 5.83 Å². The fourth-order valence-electron chi connectivity index (χ4n) is 0.401. The van der Waals surface area contributed by atoms with Crippen molar-refractivity contribution in [3.8, 4) is 12.3 Å². The molecule has 0 N–H and O–H groups in total. The van der Waals surface area contributed by atoms with Crippen molar-refractivity contribution in [2.75, 3.05) is 0 Å². The molecule has 0 aliphatic carbocycles. The van der Waals surface area contributed by atoms with E-state index in [2.05, 4.69) is 12.5 Å². The van der Waals surface area contributed by atoms with Crippen LogP contribution in [-0.4, -0.2) is 0 Å². The quantitative estimate of drug-likeness (QED) is 0.404. The van der Waals surface area contributed by atoms with Gasteiger partial charge in [-0.1, -0.05) is 18.6 Å². The van der Waals surface area contributed by atoms with Crippen LogP contribution in [0.3, 0.4) is 0 Å². The van der Waals surface area contributed by atoms with Crippen LogP contribution < -0.4 is 0 Å². The lowest BCUT2D eigenvalue weighted by molar-refractivity contribution is 0.671. The van der Waals surface area contributed by atoms with Gasteiger partial charge in [-0.2, -0.15) is 0 Å². The zero-order chi connectivity index (χ0) is 7.98. The standard InChI is InChI=1S/C9H9F/c1-4-5-8(2)6-7-9(3)10/h1,5-7H,3H2,2H3. The first-order valence-electron chi connectivity index (χ1n) is 2.82. The van der Waals surface area contributed by atoms with Gasteiger partial charge in [0.05, 0.1) is 0 Å². The Labute approximate surface area is 60.8 Å². The first-order chi connectivity index (χ1) is 4.66. The Bertz CT molecular complexity index is 213. The second-order valence-electron chi connectivity index (χ2n) is 1.84. The summed E-state index contributed by atoms with van der Waals surface area (Å²) < 4.78 is 11.9. The predicted octanol–water partition coefficient (Wildman–Crippen LogP) is 2.61. The number of hydrogen-bond acceptors (Lipinski definition) is 0. The summed E-state index contributed by atoms with van der Waals surface area (Å²) >= 11 is 0. The molecule has 0 fully saturated rings. The Kier molecular flexibility index (Phi) is 3.99. The van der Waals surface area contributed by atoms with Gasteiger partial charge in [0.15, 0.2) is 0 Å². The van der Waals surface area contributed by atoms with Crippen molar-refractivity contribution in [2.45, 2.75) is 6.92 Å². The molecule has 0 spiro atoms. The monoisotopic (exact) mass is 136 g/mol. The van der Waals surface area contributed by atoms with E-state index in [0.29, 0.717) is 0 Å². The first kappa shape index (κ1) is 8.71. The van der Waals surface area contributed by atoms with Crippen molar-refractivity contribution in [3.63, 3.8) is 0 Å². The summed E-state index contributed by atoms with van der Waals surface area (Å²) in [5, 5.41) is 0. The van der Waals surface area contributed by atoms with Crippen LogP contribution >= 0.6 is 0 Å². The van der Waals surface area contributed by atoms with Gasteiger partial charge in [-0.3, -0.25) is 0 Å². The molecule has 0 radical (unpaired) electrons. The van der Waals surface area contributed by atoms with Crippen molar-refractivity contribution in [1.29, 1.82) is 0 Å². The van der Waals surface area contributed by atoms with Crippen molar-refractivity contribution in [2.24, 2.45) is 0 Å². The summed E-state index contributed by atoms with van der Waals surface area (Å²) in [7, 11) is 0. The van der Waals surface area contributed by atoms with Gasteiger partial charge in [-0.05, 0) is 24.6 Å². The third-order valence-electron chi connectivity index (χ3n) is 0.838. The van der Waals surface area contributed by atoms with Gasteiger partial charge in [0, 0.05) is 0 Å². The molecular weight excluding hydrogens is 127 g/mol. The Morgan fingerprint density at radius 3 is 2.60 bits per heavy atom. The van der Waals surface area contributed by atoms with Crippen LogP contribution in [0.2, 0.25) is 0 Å². The third-order valence-corrected chi connectivity index (χ3v) is 0.838. The Balaban J connectivity index is 4.05. The summed E-state index contributed by atoms with van der Waals surface area (Å²) in [5.74, 6) is 1.86. The largest absolute Gasteiger partial charge is 0.208 e. The average Bonchev–Trinajstić information content (AvgIpc) is 1.85. The van der Waals surface area contributed by atoms with Gasteiger partial charge in [-0.15, -0.1) is 6.42 Å². The van der Waals surface area contributed by atoms with E-state index >= 15 is 0 Å². The van der Waals surface area contributed by atoms with E-state index in [1.54, 1.807) is 19.1 Å². The minimum atomic E-state index is -0.468. The molecule has 0 atom stereocenters. The number of rotatable bonds is 2. The second kappa shape index (κ2) is 4.58. The van der Waals surface area contributed by atoms with Crippen LogP contribution in [0.5, 0.6) is 0 Å². The zero-order valence-electron chi connectivity index (χ0n) is 5.89. The van der Waals surface area contributed by atoms with Crippen LogP contribution in [0.25, 0.3) is 0 Å². The van der Waals surface area contributed by atoms with Crippen molar-refractivity contribution in [1.82, 2.24) is 0 Å². The van der Waals surface area contributed by atoms with Crippen LogP contribution in [0.1, 0.15) is 6.92 Å². The molecule has 0 aromatic rings. The van der Waals surface area contributed by atoms with Gasteiger partial charge < -0.3 is 0 Å². The van der Waals surface area contributed by atoms with Crippen LogP contribution in [0.15, 0.2) is 36.2 Å². The SMILES string of the molecule is C#CC=C(C)C=CC(=C)F. The van der Waals surface area contributed by atoms with Crippen molar-refractivity contribution >= 4 is 0 Å². The summed E-state index contributed by atoms with van der Waals surface area (Å²) in [4.78, 5) is 0. The molecular formula is C9H9F. The first-order valence-corrected chi connectivity index (χ1v) is 2.82. The smallest absolute Gasteiger partial charge is 0.116 e. The minimum Gasteiger partial charge on any atom is -0.208 e. The molecule has 0 unspecified atom stereocenters. The molecule has 0 rings (SSSR count). The Morgan fingerprint density at radius 2 is 2.20 bits per heavy atom. The Hall–Kier alpha value is -1.29. The molecule has 0 aromatic heterocycles. The normalized spacial score (nSPS) is 11.5. The van der Waals surface area contributed by atoms with Gasteiger partial charge in [0.25, 0.3) is 0 Å². The molecule has 52 valence electrons. The second-order valence-corrected chi connectivity index (χ2v) is 1.84. The van der Waals surface area contributed by atoms with Crippen LogP contribution in [0, 0.1) is 12.3 Å². The van der Waals surface area contributed by atoms with E-state index in [9.17, 15) is 4.39 Å². The highest BCUT2D eigenvalue weighted by atomic mass is 19.1. The maximum absolute atomic E-state index is 11.9. The van der Waals surface area contributed by atoms with E-state index in [1.165, 1.54) is 6.08 Å². The number of terminal acetylenes is 1. The molecule has 10 heavy (non-hydrogen) atoms. The highest BCUT2D eigenvalue weighted by molar-refractivity contribution is 5.27. The van der Waals surface area contributed by atoms with Gasteiger partial charge >= 0.3 is 0 Å². The van der Waals surface area contributed by atoms with Gasteiger partial charge in [0.2, 0.25) is 0 Å². The number of hydrogen-bond donors (Lipinski definition) is 0. The lowest BCUT2D eigenvalue weighted by Crippen LogP contribution is -1.66. The molecule has 1 heteroatoms. The van der Waals surface area contributed by atoms with E-state index in [1.807, 2.05) is 0 Å². The molecule has 0 saturated carbocycles. The van der Waals surface area contributed by atoms with Gasteiger partial charge in [-0.25, -0.2) is 4.39 Å². The average molecular weight is 136 g/mol. The topological polar surface area (TPSA) is 0 Å². The van der Waals surface area contributed by atoms with Crippen LogP contribution in [-0.2, 0) is 0 Å². The fourth-order valence-corrected chi connectivity index (χ4v) is 0.401.